The van der Waals surface area contributed by atoms with Crippen LogP contribution in [0, 0.1) is 19.3 Å². The lowest BCUT2D eigenvalue weighted by Gasteiger charge is -2.27. The first kappa shape index (κ1) is 29.6. The Morgan fingerprint density at radius 3 is 2.64 bits per heavy atom. The number of nitrogens with zero attached hydrogens (tertiary/aromatic N) is 6. The Labute approximate surface area is 272 Å². The van der Waals surface area contributed by atoms with Crippen molar-refractivity contribution < 1.29 is 28.9 Å². The highest BCUT2D eigenvalue weighted by molar-refractivity contribution is 6.33. The van der Waals surface area contributed by atoms with Gasteiger partial charge < -0.3 is 14.8 Å². The van der Waals surface area contributed by atoms with Gasteiger partial charge in [-0.15, -0.1) is 0 Å². The Hall–Kier alpha value is -4.78. The van der Waals surface area contributed by atoms with Gasteiger partial charge in [-0.1, -0.05) is 18.5 Å². The standard InChI is InChI=1S/C33H29ClF3N7O3/c1-16-7-19(20-12-38-27-8-17(2)41-43(27)13-20)9-21-22(18(3)45)14-42(29(16)21)15-28(46)44-24(10-32(4)11-26(32)44)31(47)40-30-23(34)5-6-25(39-30)33(35,36)37/h5-9,12-14,24,26H,10-11,15H2,1-4H3,(H,39,40,47)/t24-,26+,32-/m0/s1/i5D. The minimum absolute atomic E-state index is 0.181. The van der Waals surface area contributed by atoms with E-state index in [0.717, 1.165) is 22.4 Å². The summed E-state index contributed by atoms with van der Waals surface area (Å²) in [6.45, 7) is 6.99. The lowest BCUT2D eigenvalue weighted by molar-refractivity contribution is -0.141. The van der Waals surface area contributed by atoms with Crippen LogP contribution in [0.15, 0.2) is 48.9 Å². The first-order valence-electron chi connectivity index (χ1n) is 15.4. The summed E-state index contributed by atoms with van der Waals surface area (Å²) in [6.07, 6.45) is 1.35. The molecule has 10 nitrogen and oxygen atoms in total. The molecule has 0 radical (unpaired) electrons. The van der Waals surface area contributed by atoms with Crippen molar-refractivity contribution in [3.05, 3.63) is 76.4 Å². The second-order valence-electron chi connectivity index (χ2n) is 12.7. The number of aromatic nitrogens is 5. The number of Topliss-reactive ketones (excluding diaryl/α,β-unsaturated/α-hetero) is 1. The van der Waals surface area contributed by atoms with E-state index in [1.165, 1.54) is 11.8 Å². The number of benzene rings is 1. The predicted molar refractivity (Wildman–Crippen MR) is 168 cm³/mol. The number of likely N-dealkylation sites (tertiary alicyclic amines) is 1. The molecule has 5 aromatic rings. The van der Waals surface area contributed by atoms with Crippen molar-refractivity contribution in [1.82, 2.24) is 29.0 Å². The second-order valence-corrected chi connectivity index (χ2v) is 13.1. The van der Waals surface area contributed by atoms with Crippen LogP contribution in [-0.2, 0) is 22.3 Å². The number of carbonyl (C=O) groups excluding carboxylic acids is 3. The molecule has 1 saturated carbocycles. The number of alkyl halides is 3. The van der Waals surface area contributed by atoms with Crippen molar-refractivity contribution in [2.75, 3.05) is 5.32 Å². The largest absolute Gasteiger partial charge is 0.433 e. The lowest BCUT2D eigenvalue weighted by atomic mass is 10.0. The van der Waals surface area contributed by atoms with E-state index in [-0.39, 0.29) is 29.7 Å². The number of amides is 2. The van der Waals surface area contributed by atoms with Gasteiger partial charge in [-0.05, 0) is 74.4 Å². The van der Waals surface area contributed by atoms with E-state index in [1.54, 1.807) is 21.5 Å². The smallest absolute Gasteiger partial charge is 0.337 e. The number of hydrogen-bond acceptors (Lipinski definition) is 6. The van der Waals surface area contributed by atoms with Gasteiger partial charge in [0.15, 0.2) is 17.2 Å². The minimum Gasteiger partial charge on any atom is -0.337 e. The highest BCUT2D eigenvalue weighted by atomic mass is 35.5. The normalized spacial score (nSPS) is 20.9. The number of fused-ring (bicyclic) bond motifs is 3. The quantitative estimate of drug-likeness (QED) is 0.215. The number of aryl methyl sites for hydroxylation is 2. The number of carbonyl (C=O) groups is 3. The molecule has 4 aromatic heterocycles. The van der Waals surface area contributed by atoms with Gasteiger partial charge >= 0.3 is 6.18 Å². The summed E-state index contributed by atoms with van der Waals surface area (Å²) in [7, 11) is 0. The Morgan fingerprint density at radius 1 is 1.15 bits per heavy atom. The Bertz CT molecular complexity index is 2210. The van der Waals surface area contributed by atoms with Crippen LogP contribution in [-0.4, -0.2) is 58.7 Å². The third-order valence-electron chi connectivity index (χ3n) is 9.15. The summed E-state index contributed by atoms with van der Waals surface area (Å²) in [5.74, 6) is -1.91. The van der Waals surface area contributed by atoms with Gasteiger partial charge in [-0.3, -0.25) is 14.4 Å². The minimum atomic E-state index is -4.86. The van der Waals surface area contributed by atoms with E-state index < -0.39 is 40.7 Å². The van der Waals surface area contributed by atoms with Crippen LogP contribution in [0.3, 0.4) is 0 Å². The molecule has 0 unspecified atom stereocenters. The first-order chi connectivity index (χ1) is 22.5. The molecule has 2 amide bonds. The summed E-state index contributed by atoms with van der Waals surface area (Å²) in [5.41, 5.74) is 3.36. The summed E-state index contributed by atoms with van der Waals surface area (Å²) in [4.78, 5) is 49.8. The Balaban J connectivity index is 1.20. The molecule has 1 aliphatic carbocycles. The van der Waals surface area contributed by atoms with Crippen molar-refractivity contribution in [3.63, 3.8) is 0 Å². The number of hydrogen-bond donors (Lipinski definition) is 1. The molecule has 1 saturated heterocycles. The van der Waals surface area contributed by atoms with Crippen molar-refractivity contribution >= 4 is 51.6 Å². The van der Waals surface area contributed by atoms with E-state index in [9.17, 15) is 27.6 Å². The van der Waals surface area contributed by atoms with E-state index >= 15 is 0 Å². The maximum atomic E-state index is 14.0. The van der Waals surface area contributed by atoms with Crippen LogP contribution >= 0.6 is 11.6 Å². The number of nitrogens with one attached hydrogen (secondary N) is 1. The number of halogens is 4. The Kier molecular flexibility index (Phi) is 6.69. The van der Waals surface area contributed by atoms with Crippen LogP contribution < -0.4 is 5.32 Å². The molecular formula is C33H29ClF3N7O3. The van der Waals surface area contributed by atoms with E-state index in [0.29, 0.717) is 41.0 Å². The van der Waals surface area contributed by atoms with Crippen molar-refractivity contribution in [3.8, 4) is 11.1 Å². The molecule has 47 heavy (non-hydrogen) atoms. The summed E-state index contributed by atoms with van der Waals surface area (Å²) in [6, 6.07) is 4.30. The lowest BCUT2D eigenvalue weighted by Crippen LogP contribution is -2.46. The highest BCUT2D eigenvalue weighted by Crippen LogP contribution is 2.59. The topological polar surface area (TPSA) is 114 Å². The van der Waals surface area contributed by atoms with Crippen molar-refractivity contribution in [1.29, 1.82) is 0 Å². The zero-order chi connectivity index (χ0) is 34.4. The maximum Gasteiger partial charge on any atom is 0.433 e. The van der Waals surface area contributed by atoms with Crippen LogP contribution in [0.25, 0.3) is 27.7 Å². The molecule has 2 fully saturated rings. The fourth-order valence-corrected chi connectivity index (χ4v) is 6.93. The third-order valence-corrected chi connectivity index (χ3v) is 9.44. The number of piperidine rings is 1. The van der Waals surface area contributed by atoms with Gasteiger partial charge in [0.05, 0.1) is 17.6 Å². The molecule has 0 bridgehead atoms. The van der Waals surface area contributed by atoms with Gasteiger partial charge in [0.25, 0.3) is 0 Å². The average molecular weight is 665 g/mol. The Morgan fingerprint density at radius 2 is 1.91 bits per heavy atom. The summed E-state index contributed by atoms with van der Waals surface area (Å²) < 4.78 is 51.3. The fourth-order valence-electron chi connectivity index (χ4n) is 6.79. The van der Waals surface area contributed by atoms with Crippen LogP contribution in [0.2, 0.25) is 5.02 Å². The first-order valence-corrected chi connectivity index (χ1v) is 15.2. The van der Waals surface area contributed by atoms with E-state index in [1.807, 2.05) is 45.2 Å². The number of pyridine rings is 1. The molecule has 1 N–H and O–H groups in total. The van der Waals surface area contributed by atoms with Crippen LogP contribution in [0.1, 0.15) is 55.4 Å². The van der Waals surface area contributed by atoms with Crippen molar-refractivity contribution in [2.24, 2.45) is 5.41 Å². The summed E-state index contributed by atoms with van der Waals surface area (Å²) in [5, 5.41) is 7.01. The molecule has 1 aliphatic heterocycles. The zero-order valence-electron chi connectivity index (χ0n) is 26.7. The molecule has 1 aromatic carbocycles. The molecular weight excluding hydrogens is 635 g/mol. The predicted octanol–water partition coefficient (Wildman–Crippen LogP) is 6.26. The van der Waals surface area contributed by atoms with Gasteiger partial charge in [0, 0.05) is 47.2 Å². The number of rotatable bonds is 6. The van der Waals surface area contributed by atoms with Gasteiger partial charge in [-0.2, -0.15) is 18.3 Å². The van der Waals surface area contributed by atoms with E-state index in [2.05, 4.69) is 20.4 Å². The zero-order valence-corrected chi connectivity index (χ0v) is 26.5. The molecule has 7 rings (SSSR count). The highest BCUT2D eigenvalue weighted by Gasteiger charge is 2.64. The fraction of sp³-hybridized carbons (Fsp3) is 0.333. The molecule has 2 aliphatic rings. The van der Waals surface area contributed by atoms with E-state index in [4.69, 9.17) is 13.0 Å². The SMILES string of the molecule is [2H]c1cc(C(F)(F)F)nc(NC(=O)[C@@H]2C[C@@]3(C)C[C@H]3N2C(=O)Cn2cc(C(C)=O)c3cc(-c4cnc5cc(C)nn5c4)cc(C)c32)c1Cl. The number of anilines is 1. The number of ketones is 1. The monoisotopic (exact) mass is 664 g/mol. The van der Waals surface area contributed by atoms with Gasteiger partial charge in [0.1, 0.15) is 18.3 Å². The van der Waals surface area contributed by atoms with Crippen molar-refractivity contribution in [2.45, 2.75) is 65.3 Å². The van der Waals surface area contributed by atoms with Crippen LogP contribution in [0.5, 0.6) is 0 Å². The molecule has 5 heterocycles. The molecule has 14 heteroatoms. The summed E-state index contributed by atoms with van der Waals surface area (Å²) >= 11 is 6.06. The maximum absolute atomic E-state index is 14.0. The van der Waals surface area contributed by atoms with Gasteiger partial charge in [-0.25, -0.2) is 14.5 Å². The molecule has 0 spiro atoms. The molecule has 242 valence electrons. The second kappa shape index (κ2) is 10.6. The van der Waals surface area contributed by atoms with Gasteiger partial charge in [0.2, 0.25) is 11.8 Å². The molecule has 3 atom stereocenters. The van der Waals surface area contributed by atoms with Crippen LogP contribution in [0.4, 0.5) is 19.0 Å². The average Bonchev–Trinajstić information content (AvgIpc) is 3.27. The third kappa shape index (κ3) is 5.32.